The molecule has 1 aromatic rings. The fourth-order valence-corrected chi connectivity index (χ4v) is 1.70. The van der Waals surface area contributed by atoms with Gasteiger partial charge in [0.2, 0.25) is 0 Å². The monoisotopic (exact) mass is 209 g/mol. The third-order valence-corrected chi connectivity index (χ3v) is 2.58. The summed E-state index contributed by atoms with van der Waals surface area (Å²) in [5.74, 6) is -0.402. The Bertz CT molecular complexity index is 363. The fraction of sp³-hybridized carbons (Fsp3) is 0.364. The lowest BCUT2D eigenvalue weighted by Gasteiger charge is -2.31. The summed E-state index contributed by atoms with van der Waals surface area (Å²) >= 11 is 0. The SMILES string of the molecule is O=C1CCN(c2ccc(F)cc2)C[C@H]1O. The largest absolute Gasteiger partial charge is 0.383 e. The zero-order valence-corrected chi connectivity index (χ0v) is 8.19. The Labute approximate surface area is 87.1 Å². The molecule has 1 heterocycles. The van der Waals surface area contributed by atoms with Crippen LogP contribution in [0.15, 0.2) is 24.3 Å². The topological polar surface area (TPSA) is 40.5 Å². The predicted molar refractivity (Wildman–Crippen MR) is 54.2 cm³/mol. The first kappa shape index (κ1) is 10.1. The number of piperidine rings is 1. The number of hydrogen-bond donors (Lipinski definition) is 1. The minimum atomic E-state index is -0.913. The normalized spacial score (nSPS) is 21.9. The Morgan fingerprint density at radius 2 is 2.00 bits per heavy atom. The summed E-state index contributed by atoms with van der Waals surface area (Å²) in [5, 5.41) is 9.40. The average molecular weight is 209 g/mol. The summed E-state index contributed by atoms with van der Waals surface area (Å²) in [5.41, 5.74) is 0.836. The number of hydrogen-bond acceptors (Lipinski definition) is 3. The summed E-state index contributed by atoms with van der Waals surface area (Å²) in [6, 6.07) is 6.05. The summed E-state index contributed by atoms with van der Waals surface area (Å²) < 4.78 is 12.7. The average Bonchev–Trinajstić information content (AvgIpc) is 2.23. The van der Waals surface area contributed by atoms with Crippen molar-refractivity contribution in [2.75, 3.05) is 18.0 Å². The first-order valence-corrected chi connectivity index (χ1v) is 4.88. The number of ketones is 1. The molecule has 3 nitrogen and oxygen atoms in total. The van der Waals surface area contributed by atoms with Gasteiger partial charge in [0.25, 0.3) is 0 Å². The molecule has 1 atom stereocenters. The minimum absolute atomic E-state index is 0.117. The molecule has 1 fully saturated rings. The molecule has 0 saturated carbocycles. The van der Waals surface area contributed by atoms with E-state index in [4.69, 9.17) is 0 Å². The highest BCUT2D eigenvalue weighted by atomic mass is 19.1. The molecule has 0 amide bonds. The quantitative estimate of drug-likeness (QED) is 0.749. The van der Waals surface area contributed by atoms with Gasteiger partial charge in [-0.1, -0.05) is 0 Å². The number of benzene rings is 1. The van der Waals surface area contributed by atoms with E-state index in [2.05, 4.69) is 0 Å². The maximum absolute atomic E-state index is 12.7. The molecule has 1 N–H and O–H groups in total. The molecule has 0 bridgehead atoms. The molecule has 0 radical (unpaired) electrons. The van der Waals surface area contributed by atoms with Crippen LogP contribution >= 0.6 is 0 Å². The predicted octanol–water partition coefficient (Wildman–Crippen LogP) is 0.966. The first-order chi connectivity index (χ1) is 7.16. The summed E-state index contributed by atoms with van der Waals surface area (Å²) in [7, 11) is 0. The van der Waals surface area contributed by atoms with Crippen molar-refractivity contribution in [2.24, 2.45) is 0 Å². The Hall–Kier alpha value is -1.42. The van der Waals surface area contributed by atoms with Gasteiger partial charge >= 0.3 is 0 Å². The number of β-amino-alcohol motifs (C(OH)–C–C–N with tert-alkyl or cyclic N) is 1. The Balaban J connectivity index is 2.12. The van der Waals surface area contributed by atoms with Gasteiger partial charge in [-0.3, -0.25) is 4.79 Å². The van der Waals surface area contributed by atoms with Crippen LogP contribution < -0.4 is 4.90 Å². The number of nitrogens with zero attached hydrogens (tertiary/aromatic N) is 1. The van der Waals surface area contributed by atoms with Gasteiger partial charge in [0.1, 0.15) is 11.9 Å². The maximum Gasteiger partial charge on any atom is 0.164 e. The lowest BCUT2D eigenvalue weighted by Crippen LogP contribution is -2.44. The molecule has 80 valence electrons. The van der Waals surface area contributed by atoms with Gasteiger partial charge < -0.3 is 10.0 Å². The Kier molecular flexibility index (Phi) is 2.68. The van der Waals surface area contributed by atoms with E-state index in [0.29, 0.717) is 19.5 Å². The van der Waals surface area contributed by atoms with Gasteiger partial charge in [-0.05, 0) is 24.3 Å². The van der Waals surface area contributed by atoms with Crippen molar-refractivity contribution < 1.29 is 14.3 Å². The van der Waals surface area contributed by atoms with Gasteiger partial charge in [-0.15, -0.1) is 0 Å². The van der Waals surface area contributed by atoms with Crippen molar-refractivity contribution in [3.05, 3.63) is 30.1 Å². The van der Waals surface area contributed by atoms with Crippen molar-refractivity contribution in [3.63, 3.8) is 0 Å². The van der Waals surface area contributed by atoms with E-state index in [1.54, 1.807) is 12.1 Å². The van der Waals surface area contributed by atoms with Crippen LogP contribution in [0.2, 0.25) is 0 Å². The van der Waals surface area contributed by atoms with Crippen molar-refractivity contribution in [2.45, 2.75) is 12.5 Å². The molecular formula is C11H12FNO2. The van der Waals surface area contributed by atoms with Crippen molar-refractivity contribution in [3.8, 4) is 0 Å². The van der Waals surface area contributed by atoms with Crippen LogP contribution in [0.4, 0.5) is 10.1 Å². The van der Waals surface area contributed by atoms with Gasteiger partial charge in [-0.2, -0.15) is 0 Å². The molecule has 0 unspecified atom stereocenters. The molecule has 2 rings (SSSR count). The van der Waals surface area contributed by atoms with E-state index in [0.717, 1.165) is 5.69 Å². The van der Waals surface area contributed by atoms with Gasteiger partial charge in [0.15, 0.2) is 5.78 Å². The van der Waals surface area contributed by atoms with Gasteiger partial charge in [0, 0.05) is 18.7 Å². The molecule has 1 aliphatic heterocycles. The van der Waals surface area contributed by atoms with Crippen LogP contribution in [0.3, 0.4) is 0 Å². The highest BCUT2D eigenvalue weighted by Crippen LogP contribution is 2.18. The molecule has 1 aromatic carbocycles. The maximum atomic E-state index is 12.7. The van der Waals surface area contributed by atoms with E-state index in [-0.39, 0.29) is 11.6 Å². The van der Waals surface area contributed by atoms with Crippen LogP contribution in [-0.4, -0.2) is 30.1 Å². The van der Waals surface area contributed by atoms with E-state index >= 15 is 0 Å². The second-order valence-electron chi connectivity index (χ2n) is 3.65. The molecule has 0 aliphatic carbocycles. The van der Waals surface area contributed by atoms with E-state index in [9.17, 15) is 14.3 Å². The highest BCUT2D eigenvalue weighted by molar-refractivity contribution is 5.85. The number of carbonyl (C=O) groups is 1. The highest BCUT2D eigenvalue weighted by Gasteiger charge is 2.24. The third kappa shape index (κ3) is 2.15. The van der Waals surface area contributed by atoms with Crippen LogP contribution in [0.25, 0.3) is 0 Å². The first-order valence-electron chi connectivity index (χ1n) is 4.88. The van der Waals surface area contributed by atoms with E-state index < -0.39 is 6.10 Å². The number of anilines is 1. The number of carbonyl (C=O) groups excluding carboxylic acids is 1. The standard InChI is InChI=1S/C11H12FNO2/c12-8-1-3-9(4-2-8)13-6-5-10(14)11(15)7-13/h1-4,11,15H,5-7H2/t11-/m1/s1. The number of rotatable bonds is 1. The summed E-state index contributed by atoms with van der Waals surface area (Å²) in [6.45, 7) is 0.881. The fourth-order valence-electron chi connectivity index (χ4n) is 1.70. The lowest BCUT2D eigenvalue weighted by molar-refractivity contribution is -0.127. The zero-order valence-electron chi connectivity index (χ0n) is 8.19. The summed E-state index contributed by atoms with van der Waals surface area (Å²) in [6.07, 6.45) is -0.567. The minimum Gasteiger partial charge on any atom is -0.383 e. The van der Waals surface area contributed by atoms with Crippen molar-refractivity contribution >= 4 is 11.5 Å². The molecule has 0 spiro atoms. The summed E-state index contributed by atoms with van der Waals surface area (Å²) in [4.78, 5) is 13.0. The number of aliphatic hydroxyl groups excluding tert-OH is 1. The van der Waals surface area contributed by atoms with Crippen LogP contribution in [-0.2, 0) is 4.79 Å². The number of Topliss-reactive ketones (excluding diaryl/α,β-unsaturated/α-hetero) is 1. The molecule has 1 saturated heterocycles. The molecular weight excluding hydrogens is 197 g/mol. The van der Waals surface area contributed by atoms with Crippen LogP contribution in [0, 0.1) is 5.82 Å². The van der Waals surface area contributed by atoms with Crippen molar-refractivity contribution in [1.82, 2.24) is 0 Å². The van der Waals surface area contributed by atoms with Crippen LogP contribution in [0.1, 0.15) is 6.42 Å². The second kappa shape index (κ2) is 3.98. The number of halogens is 1. The smallest absolute Gasteiger partial charge is 0.164 e. The second-order valence-corrected chi connectivity index (χ2v) is 3.65. The number of aliphatic hydroxyl groups is 1. The molecule has 4 heteroatoms. The Morgan fingerprint density at radius 1 is 1.33 bits per heavy atom. The lowest BCUT2D eigenvalue weighted by atomic mass is 10.1. The van der Waals surface area contributed by atoms with Crippen molar-refractivity contribution in [1.29, 1.82) is 0 Å². The van der Waals surface area contributed by atoms with E-state index in [1.807, 2.05) is 4.90 Å². The van der Waals surface area contributed by atoms with Gasteiger partial charge in [-0.25, -0.2) is 4.39 Å². The zero-order chi connectivity index (χ0) is 10.8. The van der Waals surface area contributed by atoms with E-state index in [1.165, 1.54) is 12.1 Å². The Morgan fingerprint density at radius 3 is 2.60 bits per heavy atom. The van der Waals surface area contributed by atoms with Gasteiger partial charge in [0.05, 0.1) is 6.54 Å². The molecule has 15 heavy (non-hydrogen) atoms. The molecule has 1 aliphatic rings. The van der Waals surface area contributed by atoms with Crippen LogP contribution in [0.5, 0.6) is 0 Å². The third-order valence-electron chi connectivity index (χ3n) is 2.58. The molecule has 0 aromatic heterocycles.